The van der Waals surface area contributed by atoms with E-state index in [1.165, 1.54) is 17.3 Å². The highest BCUT2D eigenvalue weighted by Crippen LogP contribution is 2.32. The fourth-order valence-corrected chi connectivity index (χ4v) is 3.69. The van der Waals surface area contributed by atoms with E-state index in [2.05, 4.69) is 11.1 Å². The van der Waals surface area contributed by atoms with Crippen LogP contribution < -0.4 is 0 Å². The van der Waals surface area contributed by atoms with Crippen molar-refractivity contribution in [1.29, 1.82) is 0 Å². The summed E-state index contributed by atoms with van der Waals surface area (Å²) in [4.78, 5) is 30.8. The van der Waals surface area contributed by atoms with E-state index in [1.807, 2.05) is 46.8 Å². The summed E-state index contributed by atoms with van der Waals surface area (Å²) >= 11 is 1.39. The third-order valence-electron chi connectivity index (χ3n) is 4.39. The van der Waals surface area contributed by atoms with Crippen molar-refractivity contribution in [2.45, 2.75) is 41.2 Å². The summed E-state index contributed by atoms with van der Waals surface area (Å²) in [6.07, 6.45) is 3.15. The maximum atomic E-state index is 12.3. The number of allylic oxidation sites excluding steroid dienone is 1. The van der Waals surface area contributed by atoms with Crippen LogP contribution in [0.3, 0.4) is 0 Å². The lowest BCUT2D eigenvalue weighted by Crippen LogP contribution is -2.26. The SMILES string of the molecule is Cc1ccc(-c2nc(CN3C(=O)CS/C3=C\C(=O)C(C)(C)C)co2)c(C)c1. The van der Waals surface area contributed by atoms with Crippen molar-refractivity contribution in [1.82, 2.24) is 9.88 Å². The van der Waals surface area contributed by atoms with Gasteiger partial charge in [-0.3, -0.25) is 14.5 Å². The maximum absolute atomic E-state index is 12.3. The molecule has 142 valence electrons. The molecule has 3 rings (SSSR count). The largest absolute Gasteiger partial charge is 0.444 e. The van der Waals surface area contributed by atoms with Gasteiger partial charge in [0.05, 0.1) is 23.0 Å². The molecule has 0 saturated carbocycles. The normalized spacial score (nSPS) is 16.4. The predicted molar refractivity (Wildman–Crippen MR) is 107 cm³/mol. The van der Waals surface area contributed by atoms with Crippen LogP contribution in [0.15, 0.2) is 40.0 Å². The number of carbonyl (C=O) groups excluding carboxylic acids is 2. The summed E-state index contributed by atoms with van der Waals surface area (Å²) in [5, 5.41) is 0.677. The lowest BCUT2D eigenvalue weighted by Gasteiger charge is -2.18. The molecule has 0 unspecified atom stereocenters. The first-order chi connectivity index (χ1) is 12.6. The molecular formula is C21H24N2O3S. The fraction of sp³-hybridized carbons (Fsp3) is 0.381. The zero-order chi connectivity index (χ0) is 19.8. The molecule has 1 amide bonds. The molecule has 1 aromatic carbocycles. The van der Waals surface area contributed by atoms with Crippen molar-refractivity contribution in [3.8, 4) is 11.5 Å². The van der Waals surface area contributed by atoms with Gasteiger partial charge in [0.15, 0.2) is 5.78 Å². The molecular weight excluding hydrogens is 360 g/mol. The van der Waals surface area contributed by atoms with Crippen LogP contribution in [0.4, 0.5) is 0 Å². The van der Waals surface area contributed by atoms with Crippen LogP contribution in [-0.2, 0) is 16.1 Å². The predicted octanol–water partition coefficient (Wildman–Crippen LogP) is 4.49. The summed E-state index contributed by atoms with van der Waals surface area (Å²) in [6, 6.07) is 6.09. The molecule has 1 fully saturated rings. The second kappa shape index (κ2) is 7.35. The number of oxazole rings is 1. The van der Waals surface area contributed by atoms with Crippen molar-refractivity contribution in [3.05, 3.63) is 52.4 Å². The van der Waals surface area contributed by atoms with Gasteiger partial charge in [-0.05, 0) is 25.5 Å². The van der Waals surface area contributed by atoms with Crippen molar-refractivity contribution >= 4 is 23.5 Å². The number of hydrogen-bond donors (Lipinski definition) is 0. The minimum atomic E-state index is -0.477. The molecule has 0 N–H and O–H groups in total. The van der Waals surface area contributed by atoms with Crippen LogP contribution in [0.2, 0.25) is 0 Å². The van der Waals surface area contributed by atoms with Gasteiger partial charge in [-0.25, -0.2) is 4.98 Å². The number of benzene rings is 1. The van der Waals surface area contributed by atoms with E-state index in [0.717, 1.165) is 11.1 Å². The average molecular weight is 385 g/mol. The fourth-order valence-electron chi connectivity index (χ4n) is 2.75. The molecule has 1 aromatic heterocycles. The van der Waals surface area contributed by atoms with Gasteiger partial charge in [-0.15, -0.1) is 0 Å². The van der Waals surface area contributed by atoms with Gasteiger partial charge in [-0.2, -0.15) is 0 Å². The Morgan fingerprint density at radius 1 is 1.33 bits per heavy atom. The molecule has 2 aromatic rings. The number of aromatic nitrogens is 1. The standard InChI is InChI=1S/C21H24N2O3S/c1-13-6-7-16(14(2)8-13)20-22-15(11-26-20)10-23-18(25)12-27-19(23)9-17(24)21(3,4)5/h6-9,11H,10,12H2,1-5H3/b19-9-. The smallest absolute Gasteiger partial charge is 0.238 e. The Labute approximate surface area is 163 Å². The van der Waals surface area contributed by atoms with Crippen LogP contribution in [-0.4, -0.2) is 27.3 Å². The summed E-state index contributed by atoms with van der Waals surface area (Å²) in [5.41, 5.74) is 3.39. The zero-order valence-electron chi connectivity index (χ0n) is 16.3. The Kier molecular flexibility index (Phi) is 5.29. The van der Waals surface area contributed by atoms with Crippen LogP contribution in [0.25, 0.3) is 11.5 Å². The highest BCUT2D eigenvalue weighted by molar-refractivity contribution is 8.04. The monoisotopic (exact) mass is 384 g/mol. The molecule has 2 heterocycles. The Hall–Kier alpha value is -2.34. The van der Waals surface area contributed by atoms with Crippen LogP contribution in [0.1, 0.15) is 37.6 Å². The van der Waals surface area contributed by atoms with Crippen LogP contribution >= 0.6 is 11.8 Å². The summed E-state index contributed by atoms with van der Waals surface area (Å²) < 4.78 is 5.65. The third kappa shape index (κ3) is 4.33. The third-order valence-corrected chi connectivity index (χ3v) is 5.41. The molecule has 5 nitrogen and oxygen atoms in total. The maximum Gasteiger partial charge on any atom is 0.238 e. The lowest BCUT2D eigenvalue weighted by atomic mass is 9.91. The number of amides is 1. The van der Waals surface area contributed by atoms with E-state index in [4.69, 9.17) is 4.42 Å². The Morgan fingerprint density at radius 3 is 2.74 bits per heavy atom. The number of carbonyl (C=O) groups is 2. The van der Waals surface area contributed by atoms with E-state index in [-0.39, 0.29) is 11.7 Å². The van der Waals surface area contributed by atoms with Gasteiger partial charge >= 0.3 is 0 Å². The molecule has 0 radical (unpaired) electrons. The summed E-state index contributed by atoms with van der Waals surface area (Å²) in [6.45, 7) is 9.96. The number of rotatable bonds is 4. The number of nitrogens with zero attached hydrogens (tertiary/aromatic N) is 2. The molecule has 1 aliphatic rings. The minimum Gasteiger partial charge on any atom is -0.444 e. The summed E-state index contributed by atoms with van der Waals surface area (Å²) in [5.74, 6) is 0.855. The number of thioether (sulfide) groups is 1. The van der Waals surface area contributed by atoms with Gasteiger partial charge in [0.2, 0.25) is 11.8 Å². The highest BCUT2D eigenvalue weighted by atomic mass is 32.2. The molecule has 1 saturated heterocycles. The average Bonchev–Trinajstić information content (AvgIpc) is 3.16. The molecule has 0 atom stereocenters. The van der Waals surface area contributed by atoms with E-state index in [0.29, 0.717) is 28.9 Å². The van der Waals surface area contributed by atoms with E-state index < -0.39 is 5.41 Å². The number of aryl methyl sites for hydroxylation is 2. The van der Waals surface area contributed by atoms with Gasteiger partial charge in [-0.1, -0.05) is 50.2 Å². The highest BCUT2D eigenvalue weighted by Gasteiger charge is 2.30. The lowest BCUT2D eigenvalue weighted by molar-refractivity contribution is -0.125. The van der Waals surface area contributed by atoms with Gasteiger partial charge in [0.25, 0.3) is 0 Å². The molecule has 0 spiro atoms. The van der Waals surface area contributed by atoms with Crippen molar-refractivity contribution in [3.63, 3.8) is 0 Å². The van der Waals surface area contributed by atoms with E-state index in [9.17, 15) is 9.59 Å². The first-order valence-corrected chi connectivity index (χ1v) is 9.85. The number of hydrogen-bond acceptors (Lipinski definition) is 5. The van der Waals surface area contributed by atoms with E-state index >= 15 is 0 Å². The van der Waals surface area contributed by atoms with Gasteiger partial charge in [0, 0.05) is 17.1 Å². The number of ketones is 1. The molecule has 0 bridgehead atoms. The van der Waals surface area contributed by atoms with Crippen molar-refractivity contribution in [2.24, 2.45) is 5.41 Å². The van der Waals surface area contributed by atoms with Crippen LogP contribution in [0.5, 0.6) is 0 Å². The van der Waals surface area contributed by atoms with Crippen LogP contribution in [0, 0.1) is 19.3 Å². The molecule has 0 aliphatic carbocycles. The first-order valence-electron chi connectivity index (χ1n) is 8.86. The summed E-state index contributed by atoms with van der Waals surface area (Å²) in [7, 11) is 0. The second-order valence-electron chi connectivity index (χ2n) is 7.83. The van der Waals surface area contributed by atoms with Crippen molar-refractivity contribution < 1.29 is 14.0 Å². The van der Waals surface area contributed by atoms with Crippen molar-refractivity contribution in [2.75, 3.05) is 5.75 Å². The Balaban J connectivity index is 1.82. The quantitative estimate of drug-likeness (QED) is 0.727. The molecule has 1 aliphatic heterocycles. The topological polar surface area (TPSA) is 63.4 Å². The van der Waals surface area contributed by atoms with E-state index in [1.54, 1.807) is 17.2 Å². The zero-order valence-corrected chi connectivity index (χ0v) is 17.1. The minimum absolute atomic E-state index is 0.000761. The molecule has 6 heteroatoms. The first kappa shape index (κ1) is 19.4. The molecule has 27 heavy (non-hydrogen) atoms. The Bertz CT molecular complexity index is 922. The second-order valence-corrected chi connectivity index (χ2v) is 8.82. The van der Waals surface area contributed by atoms with Gasteiger partial charge < -0.3 is 4.42 Å². The Morgan fingerprint density at radius 2 is 2.07 bits per heavy atom. The van der Waals surface area contributed by atoms with Gasteiger partial charge in [0.1, 0.15) is 6.26 Å².